The Bertz CT molecular complexity index is 833. The van der Waals surface area contributed by atoms with Gasteiger partial charge in [-0.25, -0.2) is 0 Å². The number of likely N-dealkylation sites (N-methyl/N-ethyl adjacent to an activating group) is 1. The fourth-order valence-corrected chi connectivity index (χ4v) is 3.27. The number of carbonyl (C=O) groups excluding carboxylic acids is 1. The van der Waals surface area contributed by atoms with Crippen LogP contribution in [-0.4, -0.2) is 36.2 Å². The SMILES string of the molecule is CCC(CC)CN(CC)C(=O)/C=C/c1ccc(OCc2c(C)noc2C)c(OC)c1. The lowest BCUT2D eigenvalue weighted by Gasteiger charge is -2.24. The topological polar surface area (TPSA) is 64.8 Å². The monoisotopic (exact) mass is 414 g/mol. The van der Waals surface area contributed by atoms with Crippen LogP contribution >= 0.6 is 0 Å². The molecule has 2 rings (SSSR count). The molecule has 0 saturated heterocycles. The van der Waals surface area contributed by atoms with Crippen LogP contribution in [0.4, 0.5) is 0 Å². The Hall–Kier alpha value is -2.76. The Balaban J connectivity index is 2.07. The zero-order valence-electron chi connectivity index (χ0n) is 19.0. The molecule has 0 atom stereocenters. The lowest BCUT2D eigenvalue weighted by molar-refractivity contribution is -0.126. The molecule has 6 nitrogen and oxygen atoms in total. The average molecular weight is 415 g/mol. The van der Waals surface area contributed by atoms with Crippen LogP contribution in [0.15, 0.2) is 28.8 Å². The van der Waals surface area contributed by atoms with E-state index in [4.69, 9.17) is 14.0 Å². The van der Waals surface area contributed by atoms with Crippen molar-refractivity contribution < 1.29 is 18.8 Å². The van der Waals surface area contributed by atoms with Gasteiger partial charge in [0, 0.05) is 19.2 Å². The number of methoxy groups -OCH3 is 1. The molecule has 1 aromatic carbocycles. The smallest absolute Gasteiger partial charge is 0.246 e. The van der Waals surface area contributed by atoms with E-state index >= 15 is 0 Å². The molecule has 0 fully saturated rings. The highest BCUT2D eigenvalue weighted by Gasteiger charge is 2.14. The van der Waals surface area contributed by atoms with E-state index in [-0.39, 0.29) is 5.91 Å². The summed E-state index contributed by atoms with van der Waals surface area (Å²) in [6.45, 7) is 12.0. The minimum atomic E-state index is 0.0297. The maximum Gasteiger partial charge on any atom is 0.246 e. The van der Waals surface area contributed by atoms with E-state index in [2.05, 4.69) is 19.0 Å². The van der Waals surface area contributed by atoms with Crippen LogP contribution in [-0.2, 0) is 11.4 Å². The number of amides is 1. The van der Waals surface area contributed by atoms with Crippen LogP contribution in [0, 0.1) is 19.8 Å². The number of hydrogen-bond acceptors (Lipinski definition) is 5. The third-order valence-electron chi connectivity index (χ3n) is 5.49. The fourth-order valence-electron chi connectivity index (χ4n) is 3.27. The molecule has 0 N–H and O–H groups in total. The van der Waals surface area contributed by atoms with Crippen molar-refractivity contribution >= 4 is 12.0 Å². The Morgan fingerprint density at radius 2 is 1.93 bits per heavy atom. The summed E-state index contributed by atoms with van der Waals surface area (Å²) in [5.41, 5.74) is 2.63. The third-order valence-corrected chi connectivity index (χ3v) is 5.49. The molecule has 30 heavy (non-hydrogen) atoms. The standard InChI is InChI=1S/C24H34N2O4/c1-7-19(8-2)15-26(9-3)24(27)13-11-20-10-12-22(23(14-20)28-6)29-16-21-17(4)25-30-18(21)5/h10-14,19H,7-9,15-16H2,1-6H3/b13-11+. The first-order chi connectivity index (χ1) is 14.4. The van der Waals surface area contributed by atoms with Crippen molar-refractivity contribution in [3.05, 3.63) is 46.9 Å². The summed E-state index contributed by atoms with van der Waals surface area (Å²) in [5, 5.41) is 3.94. The van der Waals surface area contributed by atoms with E-state index in [0.717, 1.165) is 42.0 Å². The van der Waals surface area contributed by atoms with Crippen LogP contribution in [0.3, 0.4) is 0 Å². The summed E-state index contributed by atoms with van der Waals surface area (Å²) in [4.78, 5) is 14.5. The maximum absolute atomic E-state index is 12.6. The second kappa shape index (κ2) is 11.4. The minimum absolute atomic E-state index is 0.0297. The van der Waals surface area contributed by atoms with Gasteiger partial charge in [-0.3, -0.25) is 4.79 Å². The predicted molar refractivity (Wildman–Crippen MR) is 119 cm³/mol. The summed E-state index contributed by atoms with van der Waals surface area (Å²) in [6, 6.07) is 5.62. The second-order valence-corrected chi connectivity index (χ2v) is 7.39. The van der Waals surface area contributed by atoms with Crippen molar-refractivity contribution in [1.82, 2.24) is 10.1 Å². The second-order valence-electron chi connectivity index (χ2n) is 7.39. The van der Waals surface area contributed by atoms with E-state index in [0.29, 0.717) is 30.6 Å². The quantitative estimate of drug-likeness (QED) is 0.474. The highest BCUT2D eigenvalue weighted by Crippen LogP contribution is 2.30. The highest BCUT2D eigenvalue weighted by atomic mass is 16.5. The molecule has 0 aliphatic heterocycles. The Kier molecular flexibility index (Phi) is 8.96. The summed E-state index contributed by atoms with van der Waals surface area (Å²) in [7, 11) is 1.60. The van der Waals surface area contributed by atoms with E-state index in [1.54, 1.807) is 13.2 Å². The van der Waals surface area contributed by atoms with Crippen LogP contribution in [0.1, 0.15) is 56.2 Å². The molecule has 0 aliphatic carbocycles. The van der Waals surface area contributed by atoms with Gasteiger partial charge in [-0.05, 0) is 50.5 Å². The van der Waals surface area contributed by atoms with Gasteiger partial charge in [0.2, 0.25) is 5.91 Å². The summed E-state index contributed by atoms with van der Waals surface area (Å²) in [6.07, 6.45) is 5.61. The molecule has 0 unspecified atom stereocenters. The number of carbonyl (C=O) groups is 1. The first-order valence-corrected chi connectivity index (χ1v) is 10.6. The minimum Gasteiger partial charge on any atom is -0.493 e. The predicted octanol–water partition coefficient (Wildman–Crippen LogP) is 5.18. The van der Waals surface area contributed by atoms with Gasteiger partial charge in [-0.2, -0.15) is 0 Å². The molecule has 0 bridgehead atoms. The average Bonchev–Trinajstić information content (AvgIpc) is 3.09. The summed E-state index contributed by atoms with van der Waals surface area (Å²) in [5.74, 6) is 2.56. The normalized spacial score (nSPS) is 11.3. The van der Waals surface area contributed by atoms with E-state index in [1.807, 2.05) is 49.9 Å². The van der Waals surface area contributed by atoms with Crippen LogP contribution in [0.2, 0.25) is 0 Å². The number of rotatable bonds is 11. The lowest BCUT2D eigenvalue weighted by Crippen LogP contribution is -2.33. The van der Waals surface area contributed by atoms with Gasteiger partial charge in [-0.1, -0.05) is 37.9 Å². The van der Waals surface area contributed by atoms with Crippen molar-refractivity contribution in [2.45, 2.75) is 54.1 Å². The molecule has 6 heteroatoms. The molecule has 0 saturated carbocycles. The maximum atomic E-state index is 12.6. The Labute approximate surface area is 179 Å². The van der Waals surface area contributed by atoms with Crippen molar-refractivity contribution in [1.29, 1.82) is 0 Å². The van der Waals surface area contributed by atoms with E-state index in [1.165, 1.54) is 0 Å². The van der Waals surface area contributed by atoms with E-state index in [9.17, 15) is 4.79 Å². The molecule has 1 heterocycles. The van der Waals surface area contributed by atoms with Crippen LogP contribution in [0.5, 0.6) is 11.5 Å². The van der Waals surface area contributed by atoms with Crippen molar-refractivity contribution in [3.8, 4) is 11.5 Å². The van der Waals surface area contributed by atoms with Gasteiger partial charge in [-0.15, -0.1) is 0 Å². The number of hydrogen-bond donors (Lipinski definition) is 0. The fraction of sp³-hybridized carbons (Fsp3) is 0.500. The van der Waals surface area contributed by atoms with Crippen molar-refractivity contribution in [2.24, 2.45) is 5.92 Å². The van der Waals surface area contributed by atoms with Gasteiger partial charge in [0.25, 0.3) is 0 Å². The number of nitrogens with zero attached hydrogens (tertiary/aromatic N) is 2. The van der Waals surface area contributed by atoms with Gasteiger partial charge in [0.1, 0.15) is 12.4 Å². The van der Waals surface area contributed by atoms with E-state index < -0.39 is 0 Å². The zero-order valence-corrected chi connectivity index (χ0v) is 19.0. The van der Waals surface area contributed by atoms with Crippen LogP contribution in [0.25, 0.3) is 6.08 Å². The molecule has 0 aliphatic rings. The first-order valence-electron chi connectivity index (χ1n) is 10.6. The number of aryl methyl sites for hydroxylation is 2. The lowest BCUT2D eigenvalue weighted by atomic mass is 10.0. The zero-order chi connectivity index (χ0) is 22.1. The number of aromatic nitrogens is 1. The molecule has 1 aromatic heterocycles. The largest absolute Gasteiger partial charge is 0.493 e. The third kappa shape index (κ3) is 6.12. The van der Waals surface area contributed by atoms with Crippen molar-refractivity contribution in [3.63, 3.8) is 0 Å². The van der Waals surface area contributed by atoms with Gasteiger partial charge in [0.15, 0.2) is 11.5 Å². The highest BCUT2D eigenvalue weighted by molar-refractivity contribution is 5.91. The number of ether oxygens (including phenoxy) is 2. The molecular formula is C24H34N2O4. The van der Waals surface area contributed by atoms with Gasteiger partial charge >= 0.3 is 0 Å². The molecule has 164 valence electrons. The molecule has 0 spiro atoms. The van der Waals surface area contributed by atoms with Crippen LogP contribution < -0.4 is 9.47 Å². The number of benzene rings is 1. The summed E-state index contributed by atoms with van der Waals surface area (Å²) >= 11 is 0. The Morgan fingerprint density at radius 3 is 2.50 bits per heavy atom. The molecule has 0 radical (unpaired) electrons. The first kappa shape index (κ1) is 23.5. The van der Waals surface area contributed by atoms with Gasteiger partial charge < -0.3 is 18.9 Å². The molecule has 2 aromatic rings. The molecular weight excluding hydrogens is 380 g/mol. The molecule has 1 amide bonds. The van der Waals surface area contributed by atoms with Gasteiger partial charge in [0.05, 0.1) is 18.4 Å². The summed E-state index contributed by atoms with van der Waals surface area (Å²) < 4.78 is 16.6. The van der Waals surface area contributed by atoms with Crippen molar-refractivity contribution in [2.75, 3.05) is 20.2 Å². The Morgan fingerprint density at radius 1 is 1.20 bits per heavy atom.